The number of halogens is 1. The second-order valence-electron chi connectivity index (χ2n) is 5.65. The van der Waals surface area contributed by atoms with E-state index >= 15 is 0 Å². The van der Waals surface area contributed by atoms with Crippen molar-refractivity contribution in [1.82, 2.24) is 5.32 Å². The number of hydrogen-bond acceptors (Lipinski definition) is 3. The monoisotopic (exact) mass is 334 g/mol. The highest BCUT2D eigenvalue weighted by atomic mass is 35.5. The van der Waals surface area contributed by atoms with Crippen molar-refractivity contribution < 1.29 is 9.90 Å². The fourth-order valence-electron chi connectivity index (χ4n) is 2.36. The average molecular weight is 335 g/mol. The van der Waals surface area contributed by atoms with Gasteiger partial charge < -0.3 is 16.2 Å². The molecule has 5 heteroatoms. The van der Waals surface area contributed by atoms with Crippen LogP contribution in [0.3, 0.4) is 0 Å². The van der Waals surface area contributed by atoms with Gasteiger partial charge in [0, 0.05) is 6.54 Å². The maximum absolute atomic E-state index is 12.3. The Kier molecular flexibility index (Phi) is 6.76. The van der Waals surface area contributed by atoms with Gasteiger partial charge in [-0.2, -0.15) is 0 Å². The summed E-state index contributed by atoms with van der Waals surface area (Å²) in [5.41, 5.74) is 7.54. The Balaban J connectivity index is 0.00000264. The first kappa shape index (κ1) is 19.2. The van der Waals surface area contributed by atoms with E-state index in [9.17, 15) is 9.90 Å². The highest BCUT2D eigenvalue weighted by molar-refractivity contribution is 5.87. The lowest BCUT2D eigenvalue weighted by atomic mass is 9.92. The summed E-state index contributed by atoms with van der Waals surface area (Å²) >= 11 is 0. The fourth-order valence-corrected chi connectivity index (χ4v) is 2.36. The predicted molar refractivity (Wildman–Crippen MR) is 94.4 cm³/mol. The summed E-state index contributed by atoms with van der Waals surface area (Å²) in [7, 11) is 0. The Morgan fingerprint density at radius 2 is 1.74 bits per heavy atom. The molecule has 0 aliphatic rings. The van der Waals surface area contributed by atoms with Gasteiger partial charge in [-0.15, -0.1) is 12.4 Å². The van der Waals surface area contributed by atoms with Gasteiger partial charge in [0.2, 0.25) is 5.91 Å². The summed E-state index contributed by atoms with van der Waals surface area (Å²) in [6, 6.07) is 16.8. The van der Waals surface area contributed by atoms with Crippen LogP contribution >= 0.6 is 12.4 Å². The van der Waals surface area contributed by atoms with E-state index in [4.69, 9.17) is 5.73 Å². The molecule has 0 aliphatic carbocycles. The number of benzene rings is 2. The molecule has 0 saturated carbocycles. The van der Waals surface area contributed by atoms with E-state index in [-0.39, 0.29) is 24.9 Å². The van der Waals surface area contributed by atoms with E-state index in [1.54, 1.807) is 6.92 Å². The van der Waals surface area contributed by atoms with Gasteiger partial charge in [-0.1, -0.05) is 54.6 Å². The van der Waals surface area contributed by atoms with Gasteiger partial charge in [-0.3, -0.25) is 4.79 Å². The third-order valence-corrected chi connectivity index (χ3v) is 3.85. The van der Waals surface area contributed by atoms with Crippen LogP contribution < -0.4 is 11.1 Å². The minimum atomic E-state index is -1.13. The molecule has 4 nitrogen and oxygen atoms in total. The van der Waals surface area contributed by atoms with Crippen LogP contribution in [-0.4, -0.2) is 17.6 Å². The number of hydrogen-bond donors (Lipinski definition) is 3. The quantitative estimate of drug-likeness (QED) is 0.786. The molecule has 2 atom stereocenters. The van der Waals surface area contributed by atoms with E-state index < -0.39 is 11.6 Å². The van der Waals surface area contributed by atoms with Crippen LogP contribution in [0.1, 0.15) is 29.7 Å². The molecular weight excluding hydrogens is 312 g/mol. The van der Waals surface area contributed by atoms with E-state index in [0.29, 0.717) is 0 Å². The zero-order valence-corrected chi connectivity index (χ0v) is 14.1. The Morgan fingerprint density at radius 1 is 1.17 bits per heavy atom. The minimum Gasteiger partial charge on any atom is -0.387 e. The molecule has 0 radical (unpaired) electrons. The van der Waals surface area contributed by atoms with Gasteiger partial charge in [-0.05, 0) is 30.5 Å². The Bertz CT molecular complexity index is 644. The maximum atomic E-state index is 12.3. The van der Waals surface area contributed by atoms with E-state index in [1.807, 2.05) is 61.5 Å². The molecule has 23 heavy (non-hydrogen) atoms. The Labute approximate surface area is 143 Å². The molecule has 1 amide bonds. The van der Waals surface area contributed by atoms with Gasteiger partial charge in [0.1, 0.15) is 5.54 Å². The first-order valence-electron chi connectivity index (χ1n) is 7.29. The second kappa shape index (κ2) is 8.11. The van der Waals surface area contributed by atoms with Crippen LogP contribution in [0, 0.1) is 6.92 Å². The molecule has 0 aromatic heterocycles. The molecule has 2 aromatic carbocycles. The SMILES string of the molecule is Cc1ccccc1C(O)CNC(=O)C(C)(N)c1ccccc1.Cl. The number of rotatable bonds is 5. The van der Waals surface area contributed by atoms with Crippen molar-refractivity contribution in [2.24, 2.45) is 5.73 Å². The summed E-state index contributed by atoms with van der Waals surface area (Å²) in [6.07, 6.45) is -0.753. The summed E-state index contributed by atoms with van der Waals surface area (Å²) in [5.74, 6) is -0.314. The van der Waals surface area contributed by atoms with Crippen molar-refractivity contribution in [3.8, 4) is 0 Å². The largest absolute Gasteiger partial charge is 0.387 e. The number of aliphatic hydroxyl groups excluding tert-OH is 1. The third kappa shape index (κ3) is 4.55. The van der Waals surface area contributed by atoms with Crippen LogP contribution in [0.15, 0.2) is 54.6 Å². The van der Waals surface area contributed by atoms with E-state index in [1.165, 1.54) is 0 Å². The zero-order chi connectivity index (χ0) is 16.2. The highest BCUT2D eigenvalue weighted by Crippen LogP contribution is 2.19. The van der Waals surface area contributed by atoms with Gasteiger partial charge >= 0.3 is 0 Å². The summed E-state index contributed by atoms with van der Waals surface area (Å²) in [5, 5.41) is 13.0. The number of aliphatic hydroxyl groups is 1. The lowest BCUT2D eigenvalue weighted by Crippen LogP contribution is -2.49. The molecule has 0 fully saturated rings. The molecule has 2 unspecified atom stereocenters. The van der Waals surface area contributed by atoms with Gasteiger partial charge in [0.15, 0.2) is 0 Å². The second-order valence-corrected chi connectivity index (χ2v) is 5.65. The van der Waals surface area contributed by atoms with Crippen molar-refractivity contribution in [3.63, 3.8) is 0 Å². The number of aryl methyl sites for hydroxylation is 1. The summed E-state index contributed by atoms with van der Waals surface area (Å²) < 4.78 is 0. The average Bonchev–Trinajstić information content (AvgIpc) is 2.53. The van der Waals surface area contributed by atoms with Crippen LogP contribution in [0.4, 0.5) is 0 Å². The van der Waals surface area contributed by atoms with Crippen molar-refractivity contribution in [3.05, 3.63) is 71.3 Å². The minimum absolute atomic E-state index is 0. The standard InChI is InChI=1S/C18H22N2O2.ClH/c1-13-8-6-7-11-15(13)16(21)12-20-17(22)18(2,19)14-9-4-3-5-10-14;/h3-11,16,21H,12,19H2,1-2H3,(H,20,22);1H. The van der Waals surface area contributed by atoms with Gasteiger partial charge in [-0.25, -0.2) is 0 Å². The number of carbonyl (C=O) groups excluding carboxylic acids is 1. The highest BCUT2D eigenvalue weighted by Gasteiger charge is 2.30. The third-order valence-electron chi connectivity index (χ3n) is 3.85. The maximum Gasteiger partial charge on any atom is 0.244 e. The molecular formula is C18H23ClN2O2. The fraction of sp³-hybridized carbons (Fsp3) is 0.278. The first-order valence-corrected chi connectivity index (χ1v) is 7.29. The van der Waals surface area contributed by atoms with Crippen LogP contribution in [-0.2, 0) is 10.3 Å². The molecule has 2 aromatic rings. The summed E-state index contributed by atoms with van der Waals surface area (Å²) in [4.78, 5) is 12.3. The lowest BCUT2D eigenvalue weighted by Gasteiger charge is -2.25. The smallest absolute Gasteiger partial charge is 0.244 e. The molecule has 0 aliphatic heterocycles. The zero-order valence-electron chi connectivity index (χ0n) is 13.3. The topological polar surface area (TPSA) is 75.3 Å². The number of carbonyl (C=O) groups is 1. The normalized spacial score (nSPS) is 14.3. The summed E-state index contributed by atoms with van der Waals surface area (Å²) in [6.45, 7) is 3.72. The van der Waals surface area contributed by atoms with Crippen molar-refractivity contribution >= 4 is 18.3 Å². The van der Waals surface area contributed by atoms with Crippen molar-refractivity contribution in [2.45, 2.75) is 25.5 Å². The number of amides is 1. The Hall–Kier alpha value is -1.88. The number of nitrogens with two attached hydrogens (primary N) is 1. The van der Waals surface area contributed by atoms with Gasteiger partial charge in [0.05, 0.1) is 6.10 Å². The molecule has 124 valence electrons. The molecule has 0 heterocycles. The molecule has 0 spiro atoms. The molecule has 2 rings (SSSR count). The van der Waals surface area contributed by atoms with E-state index in [0.717, 1.165) is 16.7 Å². The molecule has 0 bridgehead atoms. The van der Waals surface area contributed by atoms with Crippen LogP contribution in [0.25, 0.3) is 0 Å². The lowest BCUT2D eigenvalue weighted by molar-refractivity contribution is -0.126. The van der Waals surface area contributed by atoms with Crippen LogP contribution in [0.5, 0.6) is 0 Å². The van der Waals surface area contributed by atoms with Crippen molar-refractivity contribution in [2.75, 3.05) is 6.54 Å². The van der Waals surface area contributed by atoms with E-state index in [2.05, 4.69) is 5.32 Å². The predicted octanol–water partition coefficient (Wildman–Crippen LogP) is 2.44. The Morgan fingerprint density at radius 3 is 2.35 bits per heavy atom. The van der Waals surface area contributed by atoms with Crippen LogP contribution in [0.2, 0.25) is 0 Å². The molecule has 0 saturated heterocycles. The molecule has 4 N–H and O–H groups in total. The number of nitrogens with one attached hydrogen (secondary N) is 1. The first-order chi connectivity index (χ1) is 10.4. The van der Waals surface area contributed by atoms with Gasteiger partial charge in [0.25, 0.3) is 0 Å². The van der Waals surface area contributed by atoms with Crippen molar-refractivity contribution in [1.29, 1.82) is 0 Å².